The van der Waals surface area contributed by atoms with Gasteiger partial charge >= 0.3 is 0 Å². The van der Waals surface area contributed by atoms with Crippen LogP contribution in [-0.4, -0.2) is 21.6 Å². The summed E-state index contributed by atoms with van der Waals surface area (Å²) in [5.41, 5.74) is 5.00. The molecule has 12 heavy (non-hydrogen) atoms. The minimum atomic E-state index is -0.363. The number of aromatic nitrogens is 2. The van der Waals surface area contributed by atoms with Gasteiger partial charge < -0.3 is 15.8 Å². The molecule has 0 aliphatic rings. The van der Waals surface area contributed by atoms with Crippen LogP contribution in [0.25, 0.3) is 0 Å². The van der Waals surface area contributed by atoms with Crippen molar-refractivity contribution in [3.05, 3.63) is 22.2 Å². The molecule has 1 aromatic heterocycles. The van der Waals surface area contributed by atoms with Gasteiger partial charge in [0.05, 0.1) is 6.07 Å². The van der Waals surface area contributed by atoms with Gasteiger partial charge in [0.1, 0.15) is 5.82 Å². The summed E-state index contributed by atoms with van der Waals surface area (Å²) in [6.07, 6.45) is 0. The number of rotatable bonds is 2. The van der Waals surface area contributed by atoms with E-state index in [1.807, 2.05) is 6.92 Å². The molecule has 0 saturated heterocycles. The van der Waals surface area contributed by atoms with Gasteiger partial charge in [-0.05, 0) is 0 Å². The minimum Gasteiger partial charge on any atom is -0.493 e. The van der Waals surface area contributed by atoms with Gasteiger partial charge in [0.25, 0.3) is 5.56 Å². The quantitative estimate of drug-likeness (QED) is 0.558. The fourth-order valence-corrected chi connectivity index (χ4v) is 0.808. The molecule has 66 valence electrons. The van der Waals surface area contributed by atoms with Crippen molar-refractivity contribution >= 4 is 0 Å². The highest BCUT2D eigenvalue weighted by Crippen LogP contribution is 2.08. The molecule has 0 spiro atoms. The first kappa shape index (κ1) is 8.73. The topological polar surface area (TPSA) is 92.0 Å². The van der Waals surface area contributed by atoms with Crippen molar-refractivity contribution in [3.8, 4) is 5.88 Å². The van der Waals surface area contributed by atoms with Crippen LogP contribution in [-0.2, 0) is 0 Å². The lowest BCUT2D eigenvalue weighted by Crippen LogP contribution is -2.17. The van der Waals surface area contributed by atoms with E-state index in [4.69, 9.17) is 10.8 Å². The zero-order chi connectivity index (χ0) is 9.14. The Morgan fingerprint density at radius 2 is 2.50 bits per heavy atom. The number of nitrogens with one attached hydrogen (secondary N) is 1. The maximum absolute atomic E-state index is 10.8. The van der Waals surface area contributed by atoms with E-state index in [-0.39, 0.29) is 17.4 Å². The molecule has 0 amide bonds. The molecule has 1 unspecified atom stereocenters. The summed E-state index contributed by atoms with van der Waals surface area (Å²) in [5.74, 6) is 0.0985. The van der Waals surface area contributed by atoms with Crippen molar-refractivity contribution in [1.82, 2.24) is 9.97 Å². The van der Waals surface area contributed by atoms with E-state index in [9.17, 15) is 4.79 Å². The number of hydrogen-bond donors (Lipinski definition) is 3. The Morgan fingerprint density at radius 1 is 1.83 bits per heavy atom. The number of H-pyrrole nitrogens is 1. The predicted octanol–water partition coefficient (Wildman–Crippen LogP) is -0.462. The van der Waals surface area contributed by atoms with E-state index in [1.54, 1.807) is 0 Å². The van der Waals surface area contributed by atoms with Gasteiger partial charge in [-0.1, -0.05) is 6.92 Å². The number of aromatic amines is 1. The summed E-state index contributed by atoms with van der Waals surface area (Å²) in [5, 5.41) is 8.97. The molecule has 1 heterocycles. The molecule has 4 N–H and O–H groups in total. The number of hydrogen-bond acceptors (Lipinski definition) is 4. The average molecular weight is 169 g/mol. The van der Waals surface area contributed by atoms with E-state index in [0.717, 1.165) is 6.07 Å². The largest absolute Gasteiger partial charge is 0.493 e. The number of nitrogens with two attached hydrogens (primary N) is 1. The summed E-state index contributed by atoms with van der Waals surface area (Å²) in [6.45, 7) is 2.20. The van der Waals surface area contributed by atoms with Crippen LogP contribution < -0.4 is 11.3 Å². The lowest BCUT2D eigenvalue weighted by molar-refractivity contribution is 0.445. The fourth-order valence-electron chi connectivity index (χ4n) is 0.808. The molecule has 0 aliphatic carbocycles. The fraction of sp³-hybridized carbons (Fsp3) is 0.429. The minimum absolute atomic E-state index is 0.0511. The Bertz CT molecular complexity index is 321. The van der Waals surface area contributed by atoms with Crippen molar-refractivity contribution in [1.29, 1.82) is 0 Å². The van der Waals surface area contributed by atoms with Crippen LogP contribution in [0.5, 0.6) is 5.88 Å². The third kappa shape index (κ3) is 1.82. The van der Waals surface area contributed by atoms with Crippen LogP contribution in [0.3, 0.4) is 0 Å². The van der Waals surface area contributed by atoms with Crippen LogP contribution in [0.2, 0.25) is 0 Å². The van der Waals surface area contributed by atoms with Crippen LogP contribution in [0, 0.1) is 0 Å². The monoisotopic (exact) mass is 169 g/mol. The van der Waals surface area contributed by atoms with Gasteiger partial charge in [0.2, 0.25) is 5.88 Å². The Hall–Kier alpha value is -1.36. The lowest BCUT2D eigenvalue weighted by atomic mass is 10.2. The molecule has 0 aliphatic heterocycles. The molecule has 1 aromatic rings. The van der Waals surface area contributed by atoms with Gasteiger partial charge in [0, 0.05) is 12.5 Å². The maximum Gasteiger partial charge on any atom is 0.254 e. The van der Waals surface area contributed by atoms with Crippen LogP contribution in [0.1, 0.15) is 18.7 Å². The van der Waals surface area contributed by atoms with Gasteiger partial charge in [-0.15, -0.1) is 0 Å². The van der Waals surface area contributed by atoms with Gasteiger partial charge in [-0.25, -0.2) is 0 Å². The first-order valence-corrected chi connectivity index (χ1v) is 3.63. The molecular formula is C7H11N3O2. The standard InChI is InChI=1S/C7H11N3O2/c1-4(3-8)7-9-5(11)2-6(12)10-7/h2,4H,3,8H2,1H3,(H2,9,10,11,12). The van der Waals surface area contributed by atoms with Crippen LogP contribution >= 0.6 is 0 Å². The van der Waals surface area contributed by atoms with E-state index >= 15 is 0 Å². The van der Waals surface area contributed by atoms with Crippen molar-refractivity contribution in [2.24, 2.45) is 5.73 Å². The van der Waals surface area contributed by atoms with Crippen molar-refractivity contribution in [2.75, 3.05) is 6.54 Å². The van der Waals surface area contributed by atoms with Gasteiger partial charge in [-0.3, -0.25) is 4.79 Å². The van der Waals surface area contributed by atoms with E-state index in [2.05, 4.69) is 9.97 Å². The molecule has 0 aromatic carbocycles. The lowest BCUT2D eigenvalue weighted by Gasteiger charge is -2.06. The highest BCUT2D eigenvalue weighted by atomic mass is 16.3. The van der Waals surface area contributed by atoms with Crippen molar-refractivity contribution in [2.45, 2.75) is 12.8 Å². The third-order valence-electron chi connectivity index (χ3n) is 1.57. The average Bonchev–Trinajstić information content (AvgIpc) is 2.01. The van der Waals surface area contributed by atoms with Gasteiger partial charge in [-0.2, -0.15) is 4.98 Å². The molecular weight excluding hydrogens is 158 g/mol. The second-order valence-electron chi connectivity index (χ2n) is 2.63. The third-order valence-corrected chi connectivity index (χ3v) is 1.57. The highest BCUT2D eigenvalue weighted by molar-refractivity contribution is 5.08. The summed E-state index contributed by atoms with van der Waals surface area (Å²) >= 11 is 0. The maximum atomic E-state index is 10.8. The summed E-state index contributed by atoms with van der Waals surface area (Å²) in [4.78, 5) is 17.1. The Balaban J connectivity index is 3.08. The van der Waals surface area contributed by atoms with Gasteiger partial charge in [0.15, 0.2) is 0 Å². The van der Waals surface area contributed by atoms with E-state index < -0.39 is 0 Å². The highest BCUT2D eigenvalue weighted by Gasteiger charge is 2.06. The molecule has 0 fully saturated rings. The predicted molar refractivity (Wildman–Crippen MR) is 44.0 cm³/mol. The first-order chi connectivity index (χ1) is 5.63. The second-order valence-corrected chi connectivity index (χ2v) is 2.63. The van der Waals surface area contributed by atoms with Crippen molar-refractivity contribution < 1.29 is 5.11 Å². The zero-order valence-electron chi connectivity index (χ0n) is 6.74. The molecule has 1 atom stereocenters. The molecule has 0 saturated carbocycles. The molecule has 1 rings (SSSR count). The molecule has 0 radical (unpaired) electrons. The van der Waals surface area contributed by atoms with Crippen LogP contribution in [0.4, 0.5) is 0 Å². The normalized spacial score (nSPS) is 12.8. The summed E-state index contributed by atoms with van der Waals surface area (Å²) in [7, 11) is 0. The van der Waals surface area contributed by atoms with Crippen LogP contribution in [0.15, 0.2) is 10.9 Å². The smallest absolute Gasteiger partial charge is 0.254 e. The zero-order valence-corrected chi connectivity index (χ0v) is 6.74. The van der Waals surface area contributed by atoms with E-state index in [0.29, 0.717) is 12.4 Å². The molecule has 0 bridgehead atoms. The molecule has 5 heteroatoms. The Morgan fingerprint density at radius 3 is 3.00 bits per heavy atom. The summed E-state index contributed by atoms with van der Waals surface area (Å²) < 4.78 is 0. The van der Waals surface area contributed by atoms with E-state index in [1.165, 1.54) is 0 Å². The SMILES string of the molecule is CC(CN)c1nc(O)cc(=O)[nH]1. The Kier molecular flexibility index (Phi) is 2.44. The Labute approximate surface area is 69.3 Å². The first-order valence-electron chi connectivity index (χ1n) is 3.63. The number of nitrogens with zero attached hydrogens (tertiary/aromatic N) is 1. The van der Waals surface area contributed by atoms with Crippen molar-refractivity contribution in [3.63, 3.8) is 0 Å². The molecule has 5 nitrogen and oxygen atoms in total. The second kappa shape index (κ2) is 3.36. The summed E-state index contributed by atoms with van der Waals surface area (Å²) in [6, 6.07) is 1.02. The number of aromatic hydroxyl groups is 1.